The number of pyridine rings is 1. The number of nitro groups is 1. The van der Waals surface area contributed by atoms with Crippen molar-refractivity contribution in [1.82, 2.24) is 4.40 Å². The highest BCUT2D eigenvalue weighted by molar-refractivity contribution is 5.91. The number of aromatic nitrogens is 1. The lowest BCUT2D eigenvalue weighted by molar-refractivity contribution is -0.384. The molecule has 2 aromatic heterocycles. The first-order valence-electron chi connectivity index (χ1n) is 8.04. The van der Waals surface area contributed by atoms with Crippen LogP contribution in [0.1, 0.15) is 21.5 Å². The van der Waals surface area contributed by atoms with E-state index in [4.69, 9.17) is 4.74 Å². The zero-order valence-corrected chi connectivity index (χ0v) is 14.7. The normalized spacial score (nSPS) is 10.4. The average molecular weight is 364 g/mol. The maximum atomic E-state index is 12.3. The van der Waals surface area contributed by atoms with Gasteiger partial charge in [-0.25, -0.2) is 4.79 Å². The number of anilines is 1. The molecule has 136 valence electrons. The van der Waals surface area contributed by atoms with Gasteiger partial charge in [-0.05, 0) is 24.3 Å². The molecule has 0 aliphatic rings. The summed E-state index contributed by atoms with van der Waals surface area (Å²) in [6, 6.07) is 11.7. The summed E-state index contributed by atoms with van der Waals surface area (Å²) in [6.07, 6.45) is 3.52. The first kappa shape index (κ1) is 17.9. The Labute approximate surface area is 155 Å². The topological polar surface area (TPSA) is 101 Å². The summed E-state index contributed by atoms with van der Waals surface area (Å²) >= 11 is 0. The number of esters is 1. The van der Waals surface area contributed by atoms with Crippen molar-refractivity contribution in [3.05, 3.63) is 75.6 Å². The van der Waals surface area contributed by atoms with Crippen molar-refractivity contribution in [3.8, 4) is 6.07 Å². The minimum absolute atomic E-state index is 0.0783. The Bertz CT molecular complexity index is 1080. The molecule has 0 amide bonds. The second-order valence-corrected chi connectivity index (χ2v) is 6.07. The molecule has 0 atom stereocenters. The second kappa shape index (κ2) is 7.17. The van der Waals surface area contributed by atoms with Gasteiger partial charge in [0.15, 0.2) is 0 Å². The number of nitriles is 1. The fraction of sp³-hybridized carbons (Fsp3) is 0.158. The van der Waals surface area contributed by atoms with Gasteiger partial charge in [0, 0.05) is 38.1 Å². The van der Waals surface area contributed by atoms with Gasteiger partial charge in [0.2, 0.25) is 0 Å². The van der Waals surface area contributed by atoms with Gasteiger partial charge in [-0.3, -0.25) is 10.1 Å². The number of rotatable bonds is 5. The van der Waals surface area contributed by atoms with Crippen LogP contribution < -0.4 is 4.90 Å². The number of hydrogen-bond donors (Lipinski definition) is 0. The van der Waals surface area contributed by atoms with Gasteiger partial charge in [0.05, 0.1) is 21.6 Å². The number of nitrogens with zero attached hydrogens (tertiary/aromatic N) is 4. The van der Waals surface area contributed by atoms with Gasteiger partial charge in [0.1, 0.15) is 18.4 Å². The van der Waals surface area contributed by atoms with Crippen LogP contribution in [0.3, 0.4) is 0 Å². The van der Waals surface area contributed by atoms with Gasteiger partial charge in [-0.1, -0.05) is 6.07 Å². The first-order chi connectivity index (χ1) is 12.9. The molecular weight excluding hydrogens is 348 g/mol. The fourth-order valence-electron chi connectivity index (χ4n) is 2.82. The molecule has 0 bridgehead atoms. The van der Waals surface area contributed by atoms with Crippen LogP contribution in [0, 0.1) is 21.4 Å². The quantitative estimate of drug-likeness (QED) is 0.392. The van der Waals surface area contributed by atoms with Crippen molar-refractivity contribution in [2.75, 3.05) is 19.0 Å². The highest BCUT2D eigenvalue weighted by Gasteiger charge is 2.20. The van der Waals surface area contributed by atoms with Gasteiger partial charge in [-0.15, -0.1) is 0 Å². The number of hydrogen-bond acceptors (Lipinski definition) is 6. The van der Waals surface area contributed by atoms with Crippen molar-refractivity contribution in [2.24, 2.45) is 0 Å². The minimum atomic E-state index is -0.692. The average Bonchev–Trinajstić information content (AvgIpc) is 3.02. The monoisotopic (exact) mass is 364 g/mol. The lowest BCUT2D eigenvalue weighted by Gasteiger charge is -2.13. The summed E-state index contributed by atoms with van der Waals surface area (Å²) in [7, 11) is 3.36. The number of nitro benzene ring substituents is 1. The van der Waals surface area contributed by atoms with E-state index in [-0.39, 0.29) is 17.9 Å². The molecule has 0 fully saturated rings. The van der Waals surface area contributed by atoms with Gasteiger partial charge in [0.25, 0.3) is 5.69 Å². The summed E-state index contributed by atoms with van der Waals surface area (Å²) in [5.41, 5.74) is 2.00. The van der Waals surface area contributed by atoms with E-state index in [1.165, 1.54) is 18.2 Å². The predicted octanol–water partition coefficient (Wildman–Crippen LogP) is 3.14. The fourth-order valence-corrected chi connectivity index (χ4v) is 2.82. The van der Waals surface area contributed by atoms with Crippen LogP contribution >= 0.6 is 0 Å². The van der Waals surface area contributed by atoms with Crippen LogP contribution in [0.5, 0.6) is 0 Å². The summed E-state index contributed by atoms with van der Waals surface area (Å²) in [5, 5.41) is 20.6. The van der Waals surface area contributed by atoms with Gasteiger partial charge < -0.3 is 14.0 Å². The summed E-state index contributed by atoms with van der Waals surface area (Å²) in [6.45, 7) is -0.105. The number of ether oxygens (including phenoxy) is 1. The van der Waals surface area contributed by atoms with E-state index >= 15 is 0 Å². The second-order valence-electron chi connectivity index (χ2n) is 6.07. The van der Waals surface area contributed by atoms with E-state index < -0.39 is 10.9 Å². The number of benzene rings is 1. The van der Waals surface area contributed by atoms with Crippen LogP contribution in [-0.2, 0) is 11.3 Å². The summed E-state index contributed by atoms with van der Waals surface area (Å²) < 4.78 is 7.06. The molecule has 0 aliphatic carbocycles. The molecule has 0 spiro atoms. The van der Waals surface area contributed by atoms with Crippen molar-refractivity contribution in [1.29, 1.82) is 5.26 Å². The number of carbonyl (C=O) groups is 1. The van der Waals surface area contributed by atoms with Crippen molar-refractivity contribution < 1.29 is 14.5 Å². The third-order valence-corrected chi connectivity index (χ3v) is 4.12. The first-order valence-corrected chi connectivity index (χ1v) is 8.04. The van der Waals surface area contributed by atoms with Gasteiger partial charge >= 0.3 is 5.97 Å². The zero-order valence-electron chi connectivity index (χ0n) is 14.7. The predicted molar refractivity (Wildman–Crippen MR) is 98.7 cm³/mol. The van der Waals surface area contributed by atoms with Crippen LogP contribution in [0.4, 0.5) is 11.4 Å². The molecule has 3 rings (SSSR count). The molecule has 0 radical (unpaired) electrons. The van der Waals surface area contributed by atoms with E-state index in [0.29, 0.717) is 16.8 Å². The molecule has 3 aromatic rings. The Morgan fingerprint density at radius 1 is 1.33 bits per heavy atom. The number of carbonyl (C=O) groups excluding carboxylic acids is 1. The molecule has 1 aromatic carbocycles. The van der Waals surface area contributed by atoms with Gasteiger partial charge in [-0.2, -0.15) is 5.26 Å². The smallest absolute Gasteiger partial charge is 0.338 e. The molecule has 0 N–H and O–H groups in total. The molecule has 8 nitrogen and oxygen atoms in total. The Hall–Kier alpha value is -3.86. The molecule has 8 heteroatoms. The van der Waals surface area contributed by atoms with Crippen LogP contribution in [0.2, 0.25) is 0 Å². The molecule has 0 saturated carbocycles. The number of fused-ring (bicyclic) bond motifs is 1. The van der Waals surface area contributed by atoms with E-state index in [1.54, 1.807) is 41.9 Å². The summed E-state index contributed by atoms with van der Waals surface area (Å²) in [4.78, 5) is 24.6. The Morgan fingerprint density at radius 2 is 2.11 bits per heavy atom. The zero-order chi connectivity index (χ0) is 19.6. The largest absolute Gasteiger partial charge is 0.457 e. The lowest BCUT2D eigenvalue weighted by Crippen LogP contribution is -2.12. The third-order valence-electron chi connectivity index (χ3n) is 4.12. The Kier molecular flexibility index (Phi) is 4.77. The Balaban J connectivity index is 1.84. The standard InChI is InChI=1S/C19H16N4O4/c1-21(2)17-7-6-13(9-18(17)23(25)26)19(24)27-12-14-11-22-8-4-3-5-16(22)15(14)10-20/h3-9,11H,12H2,1-2H3. The molecule has 0 aliphatic heterocycles. The third kappa shape index (κ3) is 3.43. The molecule has 2 heterocycles. The molecule has 0 saturated heterocycles. The van der Waals surface area contributed by atoms with E-state index in [2.05, 4.69) is 6.07 Å². The van der Waals surface area contributed by atoms with Crippen LogP contribution in [0.15, 0.2) is 48.8 Å². The van der Waals surface area contributed by atoms with Crippen molar-refractivity contribution in [2.45, 2.75) is 6.61 Å². The van der Waals surface area contributed by atoms with Crippen molar-refractivity contribution >= 4 is 22.9 Å². The lowest BCUT2D eigenvalue weighted by atomic mass is 10.1. The molecule has 27 heavy (non-hydrogen) atoms. The van der Waals surface area contributed by atoms with E-state index in [1.807, 2.05) is 12.1 Å². The van der Waals surface area contributed by atoms with Crippen LogP contribution in [0.25, 0.3) is 5.52 Å². The SMILES string of the molecule is CN(C)c1ccc(C(=O)OCc2cn3ccccc3c2C#N)cc1[N+](=O)[O-]. The highest BCUT2D eigenvalue weighted by atomic mass is 16.6. The maximum Gasteiger partial charge on any atom is 0.338 e. The van der Waals surface area contributed by atoms with E-state index in [9.17, 15) is 20.2 Å². The highest BCUT2D eigenvalue weighted by Crippen LogP contribution is 2.28. The van der Waals surface area contributed by atoms with Crippen molar-refractivity contribution in [3.63, 3.8) is 0 Å². The summed E-state index contributed by atoms with van der Waals surface area (Å²) in [5.74, 6) is -0.692. The molecule has 0 unspecified atom stereocenters. The van der Waals surface area contributed by atoms with E-state index in [0.717, 1.165) is 5.52 Å². The minimum Gasteiger partial charge on any atom is -0.457 e. The Morgan fingerprint density at radius 3 is 2.78 bits per heavy atom. The maximum absolute atomic E-state index is 12.3. The van der Waals surface area contributed by atoms with Crippen LogP contribution in [-0.4, -0.2) is 29.4 Å². The molecular formula is C19H16N4O4.